The van der Waals surface area contributed by atoms with Gasteiger partial charge in [-0.3, -0.25) is 4.79 Å². The van der Waals surface area contributed by atoms with Gasteiger partial charge in [-0.05, 0) is 31.2 Å². The van der Waals surface area contributed by atoms with E-state index in [1.54, 1.807) is 24.3 Å². The molecule has 0 aliphatic rings. The summed E-state index contributed by atoms with van der Waals surface area (Å²) in [4.78, 5) is 33.1. The topological polar surface area (TPSA) is 123 Å². The largest absolute Gasteiger partial charge is 0.550 e. The summed E-state index contributed by atoms with van der Waals surface area (Å²) in [7, 11) is 0. The van der Waals surface area contributed by atoms with Crippen molar-refractivity contribution in [3.63, 3.8) is 0 Å². The average Bonchev–Trinajstić information content (AvgIpc) is 2.46. The maximum atomic E-state index is 11.9. The number of Topliss-reactive ketones (excluding diaryl/α,β-unsaturated/α-hetero) is 1. The lowest BCUT2D eigenvalue weighted by Crippen LogP contribution is -2.93. The van der Waals surface area contributed by atoms with E-state index in [9.17, 15) is 24.6 Å². The molecule has 0 amide bonds. The Bertz CT molecular complexity index is 525. The number of carboxylic acids is 2. The van der Waals surface area contributed by atoms with E-state index in [2.05, 4.69) is 0 Å². The van der Waals surface area contributed by atoms with Crippen LogP contribution in [0.1, 0.15) is 30.1 Å². The number of quaternary nitrogens is 1. The van der Waals surface area contributed by atoms with Crippen LogP contribution in [0.15, 0.2) is 24.3 Å². The minimum absolute atomic E-state index is 0.0881. The molecule has 0 saturated heterocycles. The van der Waals surface area contributed by atoms with Crippen molar-refractivity contribution >= 4 is 17.7 Å². The third-order valence-corrected chi connectivity index (χ3v) is 3.00. The average molecular weight is 308 g/mol. The van der Waals surface area contributed by atoms with Crippen LogP contribution in [0.5, 0.6) is 5.75 Å². The summed E-state index contributed by atoms with van der Waals surface area (Å²) in [6, 6.07) is 5.37. The van der Waals surface area contributed by atoms with E-state index in [1.165, 1.54) is 5.32 Å². The van der Waals surface area contributed by atoms with Crippen LogP contribution in [0.25, 0.3) is 0 Å². The number of hydrogen-bond acceptors (Lipinski definition) is 6. The van der Waals surface area contributed by atoms with Crippen LogP contribution in [0.4, 0.5) is 0 Å². The Hall–Kier alpha value is -2.41. The molecule has 7 heteroatoms. The van der Waals surface area contributed by atoms with E-state index >= 15 is 0 Å². The summed E-state index contributed by atoms with van der Waals surface area (Å²) in [6.07, 6.45) is -0.565. The SMILES string of the molecule is CCOc1ccc(C(=O)CC[NH2+]C(CC(=O)[O-])C(=O)[O-])cc1. The van der Waals surface area contributed by atoms with Crippen molar-refractivity contribution < 1.29 is 34.7 Å². The van der Waals surface area contributed by atoms with Crippen molar-refractivity contribution in [3.05, 3.63) is 29.8 Å². The van der Waals surface area contributed by atoms with Gasteiger partial charge in [0.1, 0.15) is 11.8 Å². The van der Waals surface area contributed by atoms with Gasteiger partial charge in [0, 0.05) is 18.0 Å². The number of nitrogens with two attached hydrogens (primary N) is 1. The molecule has 22 heavy (non-hydrogen) atoms. The van der Waals surface area contributed by atoms with E-state index in [1.807, 2.05) is 6.92 Å². The van der Waals surface area contributed by atoms with Crippen molar-refractivity contribution in [2.45, 2.75) is 25.8 Å². The van der Waals surface area contributed by atoms with Crippen molar-refractivity contribution in [1.82, 2.24) is 0 Å². The molecule has 1 atom stereocenters. The molecule has 2 N–H and O–H groups in total. The highest BCUT2D eigenvalue weighted by molar-refractivity contribution is 5.96. The number of hydrogen-bond donors (Lipinski definition) is 1. The molecule has 120 valence electrons. The molecular weight excluding hydrogens is 290 g/mol. The first kappa shape index (κ1) is 17.6. The van der Waals surface area contributed by atoms with Crippen molar-refractivity contribution in [3.8, 4) is 5.75 Å². The van der Waals surface area contributed by atoms with E-state index < -0.39 is 24.4 Å². The predicted molar refractivity (Wildman–Crippen MR) is 71.8 cm³/mol. The smallest absolute Gasteiger partial charge is 0.168 e. The monoisotopic (exact) mass is 308 g/mol. The number of benzene rings is 1. The molecule has 1 unspecified atom stereocenters. The Kier molecular flexibility index (Phi) is 7.04. The molecule has 0 fully saturated rings. The van der Waals surface area contributed by atoms with Gasteiger partial charge in [-0.15, -0.1) is 0 Å². The lowest BCUT2D eigenvalue weighted by molar-refractivity contribution is -0.682. The zero-order valence-corrected chi connectivity index (χ0v) is 12.2. The molecule has 1 aromatic carbocycles. The predicted octanol–water partition coefficient (Wildman–Crippen LogP) is -2.52. The zero-order valence-electron chi connectivity index (χ0n) is 12.2. The summed E-state index contributed by atoms with van der Waals surface area (Å²) in [5.41, 5.74) is 0.488. The fourth-order valence-electron chi connectivity index (χ4n) is 1.91. The Morgan fingerprint density at radius 3 is 2.32 bits per heavy atom. The van der Waals surface area contributed by atoms with Crippen LogP contribution in [-0.2, 0) is 9.59 Å². The van der Waals surface area contributed by atoms with Crippen LogP contribution in [0, 0.1) is 0 Å². The lowest BCUT2D eigenvalue weighted by Gasteiger charge is -2.16. The maximum Gasteiger partial charge on any atom is 0.168 e. The minimum atomic E-state index is -1.49. The molecule has 0 aromatic heterocycles. The van der Waals surface area contributed by atoms with E-state index in [-0.39, 0.29) is 18.7 Å². The Morgan fingerprint density at radius 1 is 1.18 bits per heavy atom. The summed E-state index contributed by atoms with van der Waals surface area (Å²) in [5.74, 6) is -2.46. The van der Waals surface area contributed by atoms with E-state index in [4.69, 9.17) is 4.74 Å². The first-order valence-electron chi connectivity index (χ1n) is 6.94. The summed E-state index contributed by atoms with van der Waals surface area (Å²) in [5, 5.41) is 22.4. The van der Waals surface area contributed by atoms with Gasteiger partial charge >= 0.3 is 0 Å². The fourth-order valence-corrected chi connectivity index (χ4v) is 1.91. The van der Waals surface area contributed by atoms with E-state index in [0.717, 1.165) is 0 Å². The number of carbonyl (C=O) groups excluding carboxylic acids is 3. The van der Waals surface area contributed by atoms with Crippen LogP contribution < -0.4 is 20.3 Å². The van der Waals surface area contributed by atoms with Crippen LogP contribution in [0.3, 0.4) is 0 Å². The quantitative estimate of drug-likeness (QED) is 0.476. The number of carboxylic acid groups (broad SMARTS) is 2. The first-order valence-corrected chi connectivity index (χ1v) is 6.94. The van der Waals surface area contributed by atoms with Crippen LogP contribution in [-0.4, -0.2) is 36.9 Å². The maximum absolute atomic E-state index is 11.9. The molecule has 7 nitrogen and oxygen atoms in total. The van der Waals surface area contributed by atoms with Gasteiger partial charge in [0.25, 0.3) is 0 Å². The van der Waals surface area contributed by atoms with Crippen LogP contribution in [0.2, 0.25) is 0 Å². The van der Waals surface area contributed by atoms with Gasteiger partial charge in [0.2, 0.25) is 0 Å². The van der Waals surface area contributed by atoms with Crippen molar-refractivity contribution in [2.75, 3.05) is 13.2 Å². The highest BCUT2D eigenvalue weighted by Gasteiger charge is 2.15. The first-order chi connectivity index (χ1) is 10.4. The highest BCUT2D eigenvalue weighted by Crippen LogP contribution is 2.13. The molecular formula is C15H18NO6-. The highest BCUT2D eigenvalue weighted by atomic mass is 16.5. The Balaban J connectivity index is 2.47. The number of ketones is 1. The molecule has 0 spiro atoms. The van der Waals surface area contributed by atoms with Crippen molar-refractivity contribution in [1.29, 1.82) is 0 Å². The Labute approximate surface area is 127 Å². The van der Waals surface area contributed by atoms with Gasteiger partial charge in [0.05, 0.1) is 25.5 Å². The van der Waals surface area contributed by atoms with Gasteiger partial charge < -0.3 is 29.9 Å². The Morgan fingerprint density at radius 2 is 1.82 bits per heavy atom. The molecule has 1 aromatic rings. The summed E-state index contributed by atoms with van der Waals surface area (Å²) in [6.45, 7) is 2.54. The van der Waals surface area contributed by atoms with Crippen molar-refractivity contribution in [2.24, 2.45) is 0 Å². The lowest BCUT2D eigenvalue weighted by atomic mass is 10.1. The molecule has 0 aliphatic carbocycles. The molecule has 0 radical (unpaired) electrons. The fraction of sp³-hybridized carbons (Fsp3) is 0.400. The third-order valence-electron chi connectivity index (χ3n) is 3.00. The third kappa shape index (κ3) is 5.92. The van der Waals surface area contributed by atoms with Crippen LogP contribution >= 0.6 is 0 Å². The normalized spacial score (nSPS) is 11.7. The molecule has 0 heterocycles. The number of aliphatic carboxylic acids is 2. The summed E-state index contributed by atoms with van der Waals surface area (Å²) >= 11 is 0. The minimum Gasteiger partial charge on any atom is -0.550 e. The second-order valence-corrected chi connectivity index (χ2v) is 4.66. The standard InChI is InChI=1S/C15H19NO6/c1-2-22-11-5-3-10(4-6-11)13(17)7-8-16-12(15(20)21)9-14(18)19/h3-6,12,16H,2,7-9H2,1H3,(H,18,19)(H,20,21)/p-1. The summed E-state index contributed by atoms with van der Waals surface area (Å²) < 4.78 is 5.27. The van der Waals surface area contributed by atoms with Gasteiger partial charge in [-0.1, -0.05) is 0 Å². The van der Waals surface area contributed by atoms with Gasteiger partial charge in [-0.2, -0.15) is 0 Å². The number of ether oxygens (including phenoxy) is 1. The molecule has 0 aliphatic heterocycles. The second-order valence-electron chi connectivity index (χ2n) is 4.66. The molecule has 1 rings (SSSR count). The zero-order chi connectivity index (χ0) is 16.5. The molecule has 0 bridgehead atoms. The number of carbonyl (C=O) groups is 3. The van der Waals surface area contributed by atoms with Gasteiger partial charge in [0.15, 0.2) is 5.78 Å². The molecule has 0 saturated carbocycles. The van der Waals surface area contributed by atoms with Gasteiger partial charge in [-0.25, -0.2) is 0 Å². The number of rotatable bonds is 10. The second kappa shape index (κ2) is 8.78. The van der Waals surface area contributed by atoms with E-state index in [0.29, 0.717) is 17.9 Å².